The summed E-state index contributed by atoms with van der Waals surface area (Å²) >= 11 is 13.9. The maximum absolute atomic E-state index is 12.4. The van der Waals surface area contributed by atoms with Crippen molar-refractivity contribution in [3.8, 4) is 11.3 Å². The van der Waals surface area contributed by atoms with Gasteiger partial charge >= 0.3 is 0 Å². The maximum atomic E-state index is 12.4. The van der Waals surface area contributed by atoms with E-state index in [9.17, 15) is 9.59 Å². The number of thiophene rings is 1. The number of nitrogens with one attached hydrogen (secondary N) is 1. The molecule has 1 aliphatic rings. The third kappa shape index (κ3) is 5.47. The summed E-state index contributed by atoms with van der Waals surface area (Å²) in [5, 5.41) is 5.89. The van der Waals surface area contributed by atoms with E-state index in [0.29, 0.717) is 53.2 Å². The van der Waals surface area contributed by atoms with E-state index in [2.05, 4.69) is 21.7 Å². The molecule has 3 heterocycles. The van der Waals surface area contributed by atoms with Crippen LogP contribution in [-0.4, -0.2) is 34.8 Å². The number of aromatic nitrogens is 1. The van der Waals surface area contributed by atoms with E-state index in [1.807, 2.05) is 4.90 Å². The quantitative estimate of drug-likeness (QED) is 0.533. The molecule has 0 radical (unpaired) electrons. The van der Waals surface area contributed by atoms with Crippen molar-refractivity contribution in [1.29, 1.82) is 0 Å². The summed E-state index contributed by atoms with van der Waals surface area (Å²) in [4.78, 5) is 32.0. The molecule has 9 heteroatoms. The fourth-order valence-corrected chi connectivity index (χ4v) is 4.87. The first-order chi connectivity index (χ1) is 15.0. The number of aryl methyl sites for hydroxylation is 1. The summed E-state index contributed by atoms with van der Waals surface area (Å²) in [5.41, 5.74) is 1.93. The maximum Gasteiger partial charge on any atom is 0.224 e. The molecule has 0 aliphatic carbocycles. The fourth-order valence-electron chi connectivity index (χ4n) is 3.48. The number of carbonyl (C=O) groups is 2. The zero-order valence-electron chi connectivity index (χ0n) is 16.7. The van der Waals surface area contributed by atoms with Crippen molar-refractivity contribution >= 4 is 46.4 Å². The second kappa shape index (κ2) is 9.85. The SMILES string of the molecule is O=C(CCc1ncc(-c2ccc(Cl)cc2Cl)o1)NCCC(=O)N1CCc2sccc2C1. The highest BCUT2D eigenvalue weighted by Gasteiger charge is 2.21. The molecule has 0 unspecified atom stereocenters. The van der Waals surface area contributed by atoms with Crippen molar-refractivity contribution < 1.29 is 14.0 Å². The summed E-state index contributed by atoms with van der Waals surface area (Å²) in [7, 11) is 0. The summed E-state index contributed by atoms with van der Waals surface area (Å²) in [6, 6.07) is 7.21. The van der Waals surface area contributed by atoms with E-state index in [1.54, 1.807) is 35.7 Å². The summed E-state index contributed by atoms with van der Waals surface area (Å²) in [5.74, 6) is 0.898. The molecule has 31 heavy (non-hydrogen) atoms. The smallest absolute Gasteiger partial charge is 0.224 e. The Morgan fingerprint density at radius 1 is 1.23 bits per heavy atom. The molecule has 0 atom stereocenters. The van der Waals surface area contributed by atoms with Gasteiger partial charge in [-0.2, -0.15) is 0 Å². The van der Waals surface area contributed by atoms with Gasteiger partial charge in [-0.05, 0) is 41.6 Å². The molecule has 0 saturated heterocycles. The van der Waals surface area contributed by atoms with Gasteiger partial charge in [0.1, 0.15) is 0 Å². The molecule has 162 valence electrons. The molecule has 4 rings (SSSR count). The summed E-state index contributed by atoms with van der Waals surface area (Å²) in [6.07, 6.45) is 3.37. The average molecular weight is 478 g/mol. The second-order valence-electron chi connectivity index (χ2n) is 7.28. The Morgan fingerprint density at radius 2 is 2.10 bits per heavy atom. The van der Waals surface area contributed by atoms with E-state index in [0.717, 1.165) is 13.0 Å². The van der Waals surface area contributed by atoms with Crippen LogP contribution in [0.15, 0.2) is 40.3 Å². The van der Waals surface area contributed by atoms with Crippen LogP contribution in [0.3, 0.4) is 0 Å². The number of amides is 2. The summed E-state index contributed by atoms with van der Waals surface area (Å²) < 4.78 is 5.71. The molecule has 2 aromatic heterocycles. The van der Waals surface area contributed by atoms with E-state index >= 15 is 0 Å². The molecule has 0 spiro atoms. The van der Waals surface area contributed by atoms with Crippen LogP contribution in [0, 0.1) is 0 Å². The van der Waals surface area contributed by atoms with Gasteiger partial charge in [-0.15, -0.1) is 11.3 Å². The Labute approximate surface area is 194 Å². The molecule has 1 aromatic carbocycles. The number of oxazole rings is 1. The molecule has 3 aromatic rings. The lowest BCUT2D eigenvalue weighted by atomic mass is 10.1. The van der Waals surface area contributed by atoms with Crippen molar-refractivity contribution in [2.75, 3.05) is 13.1 Å². The number of carbonyl (C=O) groups excluding carboxylic acids is 2. The third-order valence-electron chi connectivity index (χ3n) is 5.14. The standard InChI is InChI=1S/C22H21Cl2N3O3S/c23-15-1-2-16(17(24)11-15)18-12-26-21(30-18)4-3-20(28)25-8-5-22(29)27-9-6-19-14(13-27)7-10-31-19/h1-2,7,10-12H,3-6,8-9,13H2,(H,25,28). The minimum absolute atomic E-state index is 0.0642. The minimum Gasteiger partial charge on any atom is -0.441 e. The van der Waals surface area contributed by atoms with Gasteiger partial charge in [0.2, 0.25) is 11.8 Å². The largest absolute Gasteiger partial charge is 0.441 e. The van der Waals surface area contributed by atoms with Crippen molar-refractivity contribution in [1.82, 2.24) is 15.2 Å². The molecular weight excluding hydrogens is 457 g/mol. The van der Waals surface area contributed by atoms with Gasteiger partial charge in [0.05, 0.1) is 11.2 Å². The number of fused-ring (bicyclic) bond motifs is 1. The summed E-state index contributed by atoms with van der Waals surface area (Å²) in [6.45, 7) is 1.72. The number of halogens is 2. The molecule has 6 nitrogen and oxygen atoms in total. The lowest BCUT2D eigenvalue weighted by molar-refractivity contribution is -0.132. The monoisotopic (exact) mass is 477 g/mol. The normalized spacial score (nSPS) is 13.2. The Balaban J connectivity index is 1.20. The first-order valence-corrected chi connectivity index (χ1v) is 11.6. The van der Waals surface area contributed by atoms with Crippen LogP contribution >= 0.6 is 34.5 Å². The van der Waals surface area contributed by atoms with Crippen molar-refractivity contribution in [2.45, 2.75) is 32.2 Å². The van der Waals surface area contributed by atoms with Gasteiger partial charge in [0.25, 0.3) is 0 Å². The second-order valence-corrected chi connectivity index (χ2v) is 9.12. The van der Waals surface area contributed by atoms with Crippen LogP contribution in [0.2, 0.25) is 10.0 Å². The Morgan fingerprint density at radius 3 is 2.94 bits per heavy atom. The lowest BCUT2D eigenvalue weighted by Gasteiger charge is -2.27. The highest BCUT2D eigenvalue weighted by atomic mass is 35.5. The van der Waals surface area contributed by atoms with Gasteiger partial charge < -0.3 is 14.6 Å². The molecular formula is C22H21Cl2N3O3S. The molecule has 0 bridgehead atoms. The zero-order valence-corrected chi connectivity index (χ0v) is 19.0. The number of nitrogens with zero attached hydrogens (tertiary/aromatic N) is 2. The predicted molar refractivity (Wildman–Crippen MR) is 121 cm³/mol. The van der Waals surface area contributed by atoms with E-state index < -0.39 is 0 Å². The molecule has 2 amide bonds. The lowest BCUT2D eigenvalue weighted by Crippen LogP contribution is -2.37. The van der Waals surface area contributed by atoms with Crippen LogP contribution < -0.4 is 5.32 Å². The number of hydrogen-bond acceptors (Lipinski definition) is 5. The van der Waals surface area contributed by atoms with Gasteiger partial charge in [-0.25, -0.2) is 4.98 Å². The molecule has 0 saturated carbocycles. The Kier molecular flexibility index (Phi) is 6.95. The predicted octanol–water partition coefficient (Wildman–Crippen LogP) is 4.73. The molecule has 1 N–H and O–H groups in total. The third-order valence-corrected chi connectivity index (χ3v) is 6.71. The first-order valence-electron chi connectivity index (χ1n) is 9.99. The van der Waals surface area contributed by atoms with Crippen LogP contribution in [-0.2, 0) is 29.0 Å². The van der Waals surface area contributed by atoms with Crippen molar-refractivity contribution in [3.05, 3.63) is 62.2 Å². The number of benzene rings is 1. The highest BCUT2D eigenvalue weighted by molar-refractivity contribution is 7.10. The molecule has 0 fully saturated rings. The van der Waals surface area contributed by atoms with Crippen molar-refractivity contribution in [3.63, 3.8) is 0 Å². The minimum atomic E-state index is -0.143. The van der Waals surface area contributed by atoms with E-state index in [-0.39, 0.29) is 18.2 Å². The number of hydrogen-bond donors (Lipinski definition) is 1. The van der Waals surface area contributed by atoms with E-state index in [4.69, 9.17) is 27.6 Å². The van der Waals surface area contributed by atoms with Gasteiger partial charge in [-0.1, -0.05) is 23.2 Å². The van der Waals surface area contributed by atoms with Gasteiger partial charge in [-0.3, -0.25) is 9.59 Å². The van der Waals surface area contributed by atoms with Crippen LogP contribution in [0.25, 0.3) is 11.3 Å². The molecule has 1 aliphatic heterocycles. The first kappa shape index (κ1) is 21.9. The van der Waals surface area contributed by atoms with Crippen LogP contribution in [0.5, 0.6) is 0 Å². The van der Waals surface area contributed by atoms with E-state index in [1.165, 1.54) is 10.4 Å². The Hall–Kier alpha value is -2.35. The number of rotatable bonds is 7. The highest BCUT2D eigenvalue weighted by Crippen LogP contribution is 2.31. The van der Waals surface area contributed by atoms with Crippen LogP contribution in [0.4, 0.5) is 0 Å². The van der Waals surface area contributed by atoms with Crippen LogP contribution in [0.1, 0.15) is 29.2 Å². The topological polar surface area (TPSA) is 75.4 Å². The van der Waals surface area contributed by atoms with Crippen molar-refractivity contribution in [2.24, 2.45) is 0 Å². The fraction of sp³-hybridized carbons (Fsp3) is 0.318. The van der Waals surface area contributed by atoms with Gasteiger partial charge in [0.15, 0.2) is 11.7 Å². The van der Waals surface area contributed by atoms with Gasteiger partial charge in [0, 0.05) is 54.4 Å². The average Bonchev–Trinajstić information content (AvgIpc) is 3.41. The zero-order chi connectivity index (χ0) is 21.8. The Bertz CT molecular complexity index is 1100.